The molecule has 0 aromatic heterocycles. The van der Waals surface area contributed by atoms with E-state index in [-0.39, 0.29) is 25.7 Å². The van der Waals surface area contributed by atoms with Crippen LogP contribution in [0.25, 0.3) is 0 Å². The molecule has 90 heavy (non-hydrogen) atoms. The molecule has 0 radical (unpaired) electrons. The van der Waals surface area contributed by atoms with Gasteiger partial charge in [-0.1, -0.05) is 305 Å². The van der Waals surface area contributed by atoms with Crippen LogP contribution in [-0.2, 0) is 65.4 Å². The van der Waals surface area contributed by atoms with E-state index in [0.29, 0.717) is 31.6 Å². The van der Waals surface area contributed by atoms with Crippen molar-refractivity contribution in [2.75, 3.05) is 39.6 Å². The van der Waals surface area contributed by atoms with Gasteiger partial charge >= 0.3 is 39.5 Å². The first-order chi connectivity index (χ1) is 43.3. The number of hydrogen-bond donors (Lipinski definition) is 3. The molecule has 0 amide bonds. The van der Waals surface area contributed by atoms with Crippen LogP contribution in [0.3, 0.4) is 0 Å². The van der Waals surface area contributed by atoms with E-state index in [9.17, 15) is 43.2 Å². The Labute approximate surface area is 549 Å². The van der Waals surface area contributed by atoms with E-state index in [4.69, 9.17) is 37.0 Å². The van der Waals surface area contributed by atoms with Gasteiger partial charge in [-0.15, -0.1) is 0 Å². The Bertz CT molecular complexity index is 1770. The molecule has 0 heterocycles. The highest BCUT2D eigenvalue weighted by Crippen LogP contribution is 2.45. The van der Waals surface area contributed by atoms with Crippen LogP contribution in [0.15, 0.2) is 0 Å². The lowest BCUT2D eigenvalue weighted by atomic mass is 9.99. The van der Waals surface area contributed by atoms with Crippen molar-refractivity contribution in [1.82, 2.24) is 0 Å². The Hall–Kier alpha value is -1.94. The average molecular weight is 1330 g/mol. The van der Waals surface area contributed by atoms with Gasteiger partial charge in [0, 0.05) is 25.7 Å². The Morgan fingerprint density at radius 2 is 0.567 bits per heavy atom. The molecule has 0 aliphatic rings. The number of carbonyl (C=O) groups is 4. The molecular weight excluding hydrogens is 1190 g/mol. The number of aliphatic hydroxyl groups excluding tert-OH is 1. The number of rotatable bonds is 69. The van der Waals surface area contributed by atoms with E-state index in [1.165, 1.54) is 161 Å². The fourth-order valence-corrected chi connectivity index (χ4v) is 12.2. The average Bonchev–Trinajstić information content (AvgIpc) is 3.69. The van der Waals surface area contributed by atoms with Crippen molar-refractivity contribution in [2.45, 2.75) is 375 Å². The standard InChI is InChI=1S/C71H138O17P2/c1-8-11-12-13-14-31-38-45-52-68(73)81-58-67(88-71(76)55-48-41-34-27-28-35-42-49-62(4)5)61-86-90(79,80)84-57-65(72)56-83-89(77,78)85-60-66(59-82-69(74)53-46-39-32-25-22-21-24-30-37-44-51-64(7)10-3)87-70(75)54-47-40-33-26-20-18-16-15-17-19-23-29-36-43-50-63(6)9-2/h62-67,72H,8-61H2,1-7H3,(H,77,78)(H,79,80)/t63?,64?,65-,66-,67-/m1/s1. The molecule has 19 heteroatoms. The van der Waals surface area contributed by atoms with Gasteiger partial charge < -0.3 is 33.8 Å². The molecule has 4 unspecified atom stereocenters. The fourth-order valence-electron chi connectivity index (χ4n) is 10.7. The molecule has 0 aromatic rings. The van der Waals surface area contributed by atoms with E-state index < -0.39 is 97.5 Å². The number of aliphatic hydroxyl groups is 1. The number of carbonyl (C=O) groups excluding carboxylic acids is 4. The van der Waals surface area contributed by atoms with Gasteiger partial charge in [-0.25, -0.2) is 9.13 Å². The van der Waals surface area contributed by atoms with Crippen LogP contribution in [0.2, 0.25) is 0 Å². The molecule has 0 fully saturated rings. The summed E-state index contributed by atoms with van der Waals surface area (Å²) < 4.78 is 68.2. The second-order valence-electron chi connectivity index (χ2n) is 26.6. The number of unbranched alkanes of at least 4 members (excludes halogenated alkanes) is 35. The minimum Gasteiger partial charge on any atom is -0.462 e. The molecule has 7 atom stereocenters. The summed E-state index contributed by atoms with van der Waals surface area (Å²) in [5.41, 5.74) is 0. The molecule has 0 saturated heterocycles. The highest BCUT2D eigenvalue weighted by molar-refractivity contribution is 7.47. The summed E-state index contributed by atoms with van der Waals surface area (Å²) in [7, 11) is -9.90. The molecule has 0 saturated carbocycles. The Morgan fingerprint density at radius 3 is 0.844 bits per heavy atom. The van der Waals surface area contributed by atoms with Gasteiger partial charge in [0.25, 0.3) is 0 Å². The number of ether oxygens (including phenoxy) is 4. The number of phosphoric ester groups is 2. The molecular formula is C71H138O17P2. The fraction of sp³-hybridized carbons (Fsp3) is 0.944. The molecule has 534 valence electrons. The van der Waals surface area contributed by atoms with E-state index in [1.54, 1.807) is 0 Å². The van der Waals surface area contributed by atoms with E-state index in [0.717, 1.165) is 108 Å². The zero-order valence-electron chi connectivity index (χ0n) is 58.6. The molecule has 0 aliphatic heterocycles. The number of phosphoric acid groups is 2. The van der Waals surface area contributed by atoms with Gasteiger partial charge in [-0.05, 0) is 43.4 Å². The smallest absolute Gasteiger partial charge is 0.462 e. The molecule has 0 aromatic carbocycles. The minimum absolute atomic E-state index is 0.103. The minimum atomic E-state index is -4.95. The first-order valence-corrected chi connectivity index (χ1v) is 39.9. The summed E-state index contributed by atoms with van der Waals surface area (Å²) in [5, 5.41) is 10.6. The summed E-state index contributed by atoms with van der Waals surface area (Å²) >= 11 is 0. The second-order valence-corrected chi connectivity index (χ2v) is 29.5. The van der Waals surface area contributed by atoms with E-state index in [2.05, 4.69) is 48.5 Å². The third-order valence-electron chi connectivity index (χ3n) is 17.1. The molecule has 0 aliphatic carbocycles. The summed E-state index contributed by atoms with van der Waals surface area (Å²) in [6.07, 6.45) is 45.8. The first kappa shape index (κ1) is 88.1. The normalized spacial score (nSPS) is 14.8. The lowest BCUT2D eigenvalue weighted by molar-refractivity contribution is -0.161. The maximum Gasteiger partial charge on any atom is 0.472 e. The van der Waals surface area contributed by atoms with Crippen molar-refractivity contribution in [3.63, 3.8) is 0 Å². The van der Waals surface area contributed by atoms with Gasteiger partial charge in [0.1, 0.15) is 19.3 Å². The van der Waals surface area contributed by atoms with Gasteiger partial charge in [0.2, 0.25) is 0 Å². The lowest BCUT2D eigenvalue weighted by Gasteiger charge is -2.21. The van der Waals surface area contributed by atoms with Gasteiger partial charge in [-0.3, -0.25) is 37.3 Å². The highest BCUT2D eigenvalue weighted by Gasteiger charge is 2.30. The topological polar surface area (TPSA) is 237 Å². The van der Waals surface area contributed by atoms with E-state index in [1.807, 2.05) is 0 Å². The summed E-state index contributed by atoms with van der Waals surface area (Å²) in [5.74, 6) is 0.222. The largest absolute Gasteiger partial charge is 0.472 e. The number of esters is 4. The molecule has 0 bridgehead atoms. The quantitative estimate of drug-likeness (QED) is 0.0222. The number of hydrogen-bond acceptors (Lipinski definition) is 15. The predicted octanol–water partition coefficient (Wildman–Crippen LogP) is 20.2. The van der Waals surface area contributed by atoms with E-state index >= 15 is 0 Å². The summed E-state index contributed by atoms with van der Waals surface area (Å²) in [6, 6.07) is 0. The van der Waals surface area contributed by atoms with Crippen LogP contribution in [0.1, 0.15) is 357 Å². The van der Waals surface area contributed by atoms with Gasteiger partial charge in [-0.2, -0.15) is 0 Å². The summed E-state index contributed by atoms with van der Waals surface area (Å²) in [4.78, 5) is 72.5. The van der Waals surface area contributed by atoms with Crippen molar-refractivity contribution in [2.24, 2.45) is 17.8 Å². The van der Waals surface area contributed by atoms with Crippen LogP contribution in [0.4, 0.5) is 0 Å². The predicted molar refractivity (Wildman–Crippen MR) is 363 cm³/mol. The van der Waals surface area contributed by atoms with Crippen LogP contribution >= 0.6 is 15.6 Å². The SMILES string of the molecule is CCCCCCCCCCC(=O)OC[C@H](COP(=O)(O)OC[C@H](O)COP(=O)(O)OC[C@@H](COC(=O)CCCCCCCCCCCCC(C)CC)OC(=O)CCCCCCCCCCCCCCCCC(C)CC)OC(=O)CCCCCCCCCC(C)C. The van der Waals surface area contributed by atoms with Crippen molar-refractivity contribution < 1.29 is 80.2 Å². The van der Waals surface area contributed by atoms with Crippen molar-refractivity contribution in [1.29, 1.82) is 0 Å². The third-order valence-corrected chi connectivity index (χ3v) is 19.0. The first-order valence-electron chi connectivity index (χ1n) is 36.9. The Kier molecular flexibility index (Phi) is 60.6. The van der Waals surface area contributed by atoms with Crippen LogP contribution in [0.5, 0.6) is 0 Å². The zero-order chi connectivity index (χ0) is 66.6. The Balaban J connectivity index is 5.22. The van der Waals surface area contributed by atoms with Crippen molar-refractivity contribution in [3.05, 3.63) is 0 Å². The van der Waals surface area contributed by atoms with Crippen LogP contribution in [-0.4, -0.2) is 96.7 Å². The van der Waals surface area contributed by atoms with Crippen molar-refractivity contribution >= 4 is 39.5 Å². The highest BCUT2D eigenvalue weighted by atomic mass is 31.2. The summed E-state index contributed by atoms with van der Waals surface area (Å²) in [6.45, 7) is 11.8. The molecule has 17 nitrogen and oxygen atoms in total. The molecule has 0 rings (SSSR count). The molecule has 3 N–H and O–H groups in total. The Morgan fingerprint density at radius 1 is 0.322 bits per heavy atom. The van der Waals surface area contributed by atoms with Crippen LogP contribution in [0, 0.1) is 17.8 Å². The van der Waals surface area contributed by atoms with Crippen LogP contribution < -0.4 is 0 Å². The van der Waals surface area contributed by atoms with Crippen molar-refractivity contribution in [3.8, 4) is 0 Å². The molecule has 0 spiro atoms. The van der Waals surface area contributed by atoms with Gasteiger partial charge in [0.15, 0.2) is 12.2 Å². The maximum absolute atomic E-state index is 13.0. The van der Waals surface area contributed by atoms with Gasteiger partial charge in [0.05, 0.1) is 26.4 Å². The maximum atomic E-state index is 13.0. The lowest BCUT2D eigenvalue weighted by Crippen LogP contribution is -2.30. The second kappa shape index (κ2) is 61.9. The monoisotopic (exact) mass is 1320 g/mol. The third kappa shape index (κ3) is 62.2. The zero-order valence-corrected chi connectivity index (χ0v) is 60.4.